The van der Waals surface area contributed by atoms with E-state index < -0.39 is 10.8 Å². The number of anilines is 1. The molecule has 4 rings (SSSR count). The predicted octanol–water partition coefficient (Wildman–Crippen LogP) is 2.61. The van der Waals surface area contributed by atoms with Gasteiger partial charge >= 0.3 is 0 Å². The van der Waals surface area contributed by atoms with Gasteiger partial charge in [-0.05, 0) is 13.0 Å². The number of carbonyl (C=O) groups is 1. The number of nitro groups is 1. The van der Waals surface area contributed by atoms with Gasteiger partial charge in [0.1, 0.15) is 5.75 Å². The van der Waals surface area contributed by atoms with Gasteiger partial charge in [-0.1, -0.05) is 0 Å². The number of methoxy groups -OCH3 is 1. The molecule has 152 valence electrons. The summed E-state index contributed by atoms with van der Waals surface area (Å²) in [4.78, 5) is 27.5. The maximum absolute atomic E-state index is 12.7. The van der Waals surface area contributed by atoms with E-state index in [2.05, 4.69) is 20.5 Å². The van der Waals surface area contributed by atoms with E-state index in [9.17, 15) is 14.9 Å². The number of nitro benzene ring substituents is 1. The van der Waals surface area contributed by atoms with Crippen LogP contribution in [0.25, 0.3) is 16.9 Å². The number of aryl methyl sites for hydroxylation is 1. The highest BCUT2D eigenvalue weighted by atomic mass is 16.6. The molecule has 3 heterocycles. The Hall–Kier alpha value is -4.28. The Morgan fingerprint density at radius 1 is 1.27 bits per heavy atom. The Kier molecular flexibility index (Phi) is 4.62. The lowest BCUT2D eigenvalue weighted by molar-refractivity contribution is -0.384. The second kappa shape index (κ2) is 7.28. The van der Waals surface area contributed by atoms with Crippen molar-refractivity contribution in [1.29, 1.82) is 0 Å². The van der Waals surface area contributed by atoms with Crippen molar-refractivity contribution < 1.29 is 14.5 Å². The number of hydrogen-bond donors (Lipinski definition) is 1. The zero-order chi connectivity index (χ0) is 21.4. The SMILES string of the molecule is COc1cc(NC(=O)c2cc3nccc(-c4cnn(C)c4C)n3n2)cc([N+](=O)[O-])c1. The van der Waals surface area contributed by atoms with Gasteiger partial charge in [-0.2, -0.15) is 10.2 Å². The maximum atomic E-state index is 12.7. The van der Waals surface area contributed by atoms with Crippen molar-refractivity contribution in [3.63, 3.8) is 0 Å². The molecule has 0 unspecified atom stereocenters. The predicted molar refractivity (Wildman–Crippen MR) is 108 cm³/mol. The molecule has 11 nitrogen and oxygen atoms in total. The summed E-state index contributed by atoms with van der Waals surface area (Å²) in [5.41, 5.74) is 3.16. The number of aromatic nitrogens is 5. The highest BCUT2D eigenvalue weighted by Gasteiger charge is 2.18. The average molecular weight is 407 g/mol. The molecule has 0 saturated heterocycles. The summed E-state index contributed by atoms with van der Waals surface area (Å²) in [7, 11) is 3.23. The van der Waals surface area contributed by atoms with E-state index in [4.69, 9.17) is 4.74 Å². The normalized spacial score (nSPS) is 10.9. The molecule has 0 saturated carbocycles. The van der Waals surface area contributed by atoms with Gasteiger partial charge in [-0.25, -0.2) is 9.50 Å². The molecule has 0 bridgehead atoms. The van der Waals surface area contributed by atoms with Crippen LogP contribution in [0.15, 0.2) is 42.7 Å². The first kappa shape index (κ1) is 19.1. The Morgan fingerprint density at radius 2 is 2.07 bits per heavy atom. The molecule has 1 aromatic carbocycles. The van der Waals surface area contributed by atoms with Gasteiger partial charge in [0, 0.05) is 42.7 Å². The standard InChI is InChI=1S/C19H17N7O4/c1-11-15(10-21-24(11)2)17-4-5-20-18-9-16(23-25(17)18)19(27)22-12-6-13(26(28)29)8-14(7-12)30-3/h4-10H,1-3H3,(H,22,27). The molecule has 0 aliphatic rings. The molecular formula is C19H17N7O4. The molecule has 0 atom stereocenters. The van der Waals surface area contributed by atoms with E-state index in [0.29, 0.717) is 5.65 Å². The molecule has 0 aliphatic carbocycles. The Morgan fingerprint density at radius 3 is 2.73 bits per heavy atom. The van der Waals surface area contributed by atoms with Gasteiger partial charge in [-0.15, -0.1) is 0 Å². The summed E-state index contributed by atoms with van der Waals surface area (Å²) < 4.78 is 8.37. The molecule has 0 spiro atoms. The van der Waals surface area contributed by atoms with Crippen LogP contribution in [0.2, 0.25) is 0 Å². The van der Waals surface area contributed by atoms with Gasteiger partial charge in [0.2, 0.25) is 0 Å². The molecule has 0 aliphatic heterocycles. The number of fused-ring (bicyclic) bond motifs is 1. The summed E-state index contributed by atoms with van der Waals surface area (Å²) in [6.07, 6.45) is 3.35. The van der Waals surface area contributed by atoms with E-state index in [1.165, 1.54) is 25.3 Å². The average Bonchev–Trinajstić information content (AvgIpc) is 3.31. The highest BCUT2D eigenvalue weighted by Crippen LogP contribution is 2.27. The van der Waals surface area contributed by atoms with E-state index in [1.54, 1.807) is 33.7 Å². The van der Waals surface area contributed by atoms with Crippen molar-refractivity contribution in [3.05, 3.63) is 64.2 Å². The smallest absolute Gasteiger partial charge is 0.276 e. The van der Waals surface area contributed by atoms with Crippen LogP contribution >= 0.6 is 0 Å². The van der Waals surface area contributed by atoms with Crippen LogP contribution in [0.4, 0.5) is 11.4 Å². The maximum Gasteiger partial charge on any atom is 0.276 e. The zero-order valence-electron chi connectivity index (χ0n) is 16.4. The van der Waals surface area contributed by atoms with Gasteiger partial charge in [0.05, 0.1) is 35.7 Å². The lowest BCUT2D eigenvalue weighted by Gasteiger charge is -2.06. The Labute approximate surface area is 170 Å². The highest BCUT2D eigenvalue weighted by molar-refractivity contribution is 6.03. The second-order valence-corrected chi connectivity index (χ2v) is 6.53. The quantitative estimate of drug-likeness (QED) is 0.397. The largest absolute Gasteiger partial charge is 0.496 e. The minimum Gasteiger partial charge on any atom is -0.496 e. The third kappa shape index (κ3) is 3.32. The van der Waals surface area contributed by atoms with Crippen LogP contribution in [0.1, 0.15) is 16.2 Å². The number of non-ortho nitro benzene ring substituents is 1. The van der Waals surface area contributed by atoms with Gasteiger partial charge in [0.25, 0.3) is 11.6 Å². The molecule has 3 aromatic heterocycles. The Bertz CT molecular complexity index is 1290. The van der Waals surface area contributed by atoms with E-state index in [1.807, 2.05) is 14.0 Å². The van der Waals surface area contributed by atoms with Gasteiger partial charge < -0.3 is 10.1 Å². The monoisotopic (exact) mass is 407 g/mol. The molecule has 30 heavy (non-hydrogen) atoms. The molecule has 11 heteroatoms. The number of amides is 1. The topological polar surface area (TPSA) is 129 Å². The summed E-state index contributed by atoms with van der Waals surface area (Å²) in [6.45, 7) is 1.93. The summed E-state index contributed by atoms with van der Waals surface area (Å²) in [5, 5.41) is 22.3. The van der Waals surface area contributed by atoms with Crippen molar-refractivity contribution in [3.8, 4) is 17.0 Å². The molecule has 1 amide bonds. The zero-order valence-corrected chi connectivity index (χ0v) is 16.4. The second-order valence-electron chi connectivity index (χ2n) is 6.53. The Balaban J connectivity index is 1.70. The number of rotatable bonds is 5. The van der Waals surface area contributed by atoms with Crippen LogP contribution in [-0.2, 0) is 7.05 Å². The number of hydrogen-bond acceptors (Lipinski definition) is 7. The lowest BCUT2D eigenvalue weighted by atomic mass is 10.2. The fourth-order valence-corrected chi connectivity index (χ4v) is 3.03. The number of nitrogens with zero attached hydrogens (tertiary/aromatic N) is 6. The van der Waals surface area contributed by atoms with Crippen molar-refractivity contribution in [2.24, 2.45) is 7.05 Å². The summed E-state index contributed by atoms with van der Waals surface area (Å²) in [6, 6.07) is 7.34. The molecule has 0 radical (unpaired) electrons. The number of carbonyl (C=O) groups excluding carboxylic acids is 1. The number of benzene rings is 1. The molecule has 4 aromatic rings. The van der Waals surface area contributed by atoms with Gasteiger partial charge in [-0.3, -0.25) is 19.6 Å². The fourth-order valence-electron chi connectivity index (χ4n) is 3.03. The third-order valence-electron chi connectivity index (χ3n) is 4.70. The lowest BCUT2D eigenvalue weighted by Crippen LogP contribution is -2.13. The fraction of sp³-hybridized carbons (Fsp3) is 0.158. The first-order valence-corrected chi connectivity index (χ1v) is 8.86. The summed E-state index contributed by atoms with van der Waals surface area (Å²) in [5.74, 6) is -0.276. The van der Waals surface area contributed by atoms with Crippen molar-refractivity contribution in [1.82, 2.24) is 24.4 Å². The van der Waals surface area contributed by atoms with E-state index in [-0.39, 0.29) is 22.8 Å². The first-order chi connectivity index (χ1) is 14.4. The van der Waals surface area contributed by atoms with Crippen LogP contribution in [0.3, 0.4) is 0 Å². The van der Waals surface area contributed by atoms with Crippen LogP contribution in [0.5, 0.6) is 5.75 Å². The van der Waals surface area contributed by atoms with Crippen molar-refractivity contribution in [2.45, 2.75) is 6.92 Å². The molecule has 0 fully saturated rings. The van der Waals surface area contributed by atoms with Crippen LogP contribution < -0.4 is 10.1 Å². The number of nitrogens with one attached hydrogen (secondary N) is 1. The number of ether oxygens (including phenoxy) is 1. The van der Waals surface area contributed by atoms with Crippen LogP contribution in [-0.4, -0.2) is 42.3 Å². The van der Waals surface area contributed by atoms with E-state index >= 15 is 0 Å². The van der Waals surface area contributed by atoms with Gasteiger partial charge in [0.15, 0.2) is 11.3 Å². The molecular weight excluding hydrogens is 390 g/mol. The molecule has 1 N–H and O–H groups in total. The summed E-state index contributed by atoms with van der Waals surface area (Å²) >= 11 is 0. The minimum absolute atomic E-state index is 0.113. The first-order valence-electron chi connectivity index (χ1n) is 8.86. The third-order valence-corrected chi connectivity index (χ3v) is 4.70. The van der Waals surface area contributed by atoms with Crippen molar-refractivity contribution in [2.75, 3.05) is 12.4 Å². The van der Waals surface area contributed by atoms with Crippen molar-refractivity contribution >= 4 is 22.9 Å². The van der Waals surface area contributed by atoms with Crippen LogP contribution in [0, 0.1) is 17.0 Å². The van der Waals surface area contributed by atoms with E-state index in [0.717, 1.165) is 17.0 Å². The minimum atomic E-state index is -0.560.